The molecule has 1 fully saturated rings. The summed E-state index contributed by atoms with van der Waals surface area (Å²) in [5.74, 6) is 0. The zero-order valence-corrected chi connectivity index (χ0v) is 17.8. The Morgan fingerprint density at radius 1 is 0.889 bits per heavy atom. The maximum atomic E-state index is 4.66. The van der Waals surface area contributed by atoms with Crippen molar-refractivity contribution in [3.8, 4) is 22.4 Å². The van der Waals surface area contributed by atoms with Crippen LogP contribution >= 0.6 is 22.6 Å². The molecule has 0 aliphatic carbocycles. The first-order chi connectivity index (χ1) is 13.2. The van der Waals surface area contributed by atoms with Gasteiger partial charge in [-0.15, -0.1) is 0 Å². The highest BCUT2D eigenvalue weighted by molar-refractivity contribution is 14.1. The highest BCUT2D eigenvalue weighted by atomic mass is 127. The first kappa shape index (κ1) is 18.4. The smallest absolute Gasteiger partial charge is 0.0722 e. The number of hydrogen-bond acceptors (Lipinski definition) is 3. The third kappa shape index (κ3) is 4.17. The van der Waals surface area contributed by atoms with Crippen LogP contribution in [0.3, 0.4) is 0 Å². The van der Waals surface area contributed by atoms with Crippen molar-refractivity contribution in [1.82, 2.24) is 9.88 Å². The molecule has 0 saturated carbocycles. The van der Waals surface area contributed by atoms with Crippen molar-refractivity contribution >= 4 is 28.3 Å². The van der Waals surface area contributed by atoms with Crippen molar-refractivity contribution < 1.29 is 0 Å². The van der Waals surface area contributed by atoms with Crippen LogP contribution in [0.25, 0.3) is 22.4 Å². The lowest BCUT2D eigenvalue weighted by molar-refractivity contribution is 0.307. The minimum absolute atomic E-state index is 1.04. The Hall–Kier alpha value is -1.92. The lowest BCUT2D eigenvalue weighted by atomic mass is 9.97. The van der Waals surface area contributed by atoms with Crippen LogP contribution in [0.4, 0.5) is 5.69 Å². The Labute approximate surface area is 175 Å². The third-order valence-corrected chi connectivity index (χ3v) is 6.23. The van der Waals surface area contributed by atoms with Crippen molar-refractivity contribution in [3.05, 3.63) is 72.4 Å². The fraction of sp³-hybridized carbons (Fsp3) is 0.261. The monoisotopic (exact) mass is 469 g/mol. The molecule has 1 saturated heterocycles. The van der Waals surface area contributed by atoms with Gasteiger partial charge in [-0.1, -0.05) is 65.1 Å². The normalized spacial score (nSPS) is 15.1. The zero-order valence-electron chi connectivity index (χ0n) is 15.6. The van der Waals surface area contributed by atoms with Gasteiger partial charge in [0.05, 0.1) is 10.2 Å². The number of anilines is 1. The third-order valence-electron chi connectivity index (χ3n) is 5.27. The molecule has 27 heavy (non-hydrogen) atoms. The lowest BCUT2D eigenvalue weighted by Gasteiger charge is -2.35. The summed E-state index contributed by atoms with van der Waals surface area (Å²) in [6, 6.07) is 21.6. The zero-order chi connectivity index (χ0) is 18.6. The van der Waals surface area contributed by atoms with Gasteiger partial charge in [-0.05, 0) is 41.8 Å². The van der Waals surface area contributed by atoms with E-state index in [0.717, 1.165) is 36.4 Å². The summed E-state index contributed by atoms with van der Waals surface area (Å²) in [5.41, 5.74) is 7.30. The number of alkyl halides is 1. The second kappa shape index (κ2) is 8.40. The quantitative estimate of drug-likeness (QED) is 0.296. The number of benzene rings is 2. The van der Waals surface area contributed by atoms with Crippen molar-refractivity contribution in [2.75, 3.05) is 35.6 Å². The van der Waals surface area contributed by atoms with Crippen molar-refractivity contribution in [2.45, 2.75) is 6.92 Å². The number of pyridine rings is 1. The van der Waals surface area contributed by atoms with Gasteiger partial charge in [-0.2, -0.15) is 0 Å². The van der Waals surface area contributed by atoms with E-state index < -0.39 is 0 Å². The van der Waals surface area contributed by atoms with Crippen LogP contribution in [0, 0.1) is 6.92 Å². The summed E-state index contributed by atoms with van der Waals surface area (Å²) < 4.78 is 1.11. The first-order valence-corrected chi connectivity index (χ1v) is 10.9. The minimum Gasteiger partial charge on any atom is -0.369 e. The van der Waals surface area contributed by atoms with E-state index >= 15 is 0 Å². The molecule has 2 heterocycles. The van der Waals surface area contributed by atoms with Gasteiger partial charge in [0.2, 0.25) is 0 Å². The van der Waals surface area contributed by atoms with E-state index in [9.17, 15) is 0 Å². The summed E-state index contributed by atoms with van der Waals surface area (Å²) in [4.78, 5) is 9.63. The largest absolute Gasteiger partial charge is 0.369 e. The van der Waals surface area contributed by atoms with Crippen LogP contribution < -0.4 is 4.90 Å². The number of nitrogens with zero attached hydrogens (tertiary/aromatic N) is 3. The number of aromatic nitrogens is 1. The standard InChI is InChI=1S/C23H24IN3/c1-18-7-8-20(15-22(18)19-5-3-2-4-6-19)23-16-21(9-10-25-23)27-13-11-26(17-24)12-14-27/h2-10,15-16H,11-14,17H2,1H3. The summed E-state index contributed by atoms with van der Waals surface area (Å²) in [5, 5.41) is 0. The molecule has 4 rings (SSSR count). The summed E-state index contributed by atoms with van der Waals surface area (Å²) in [6.45, 7) is 6.58. The molecule has 0 bridgehead atoms. The highest BCUT2D eigenvalue weighted by Crippen LogP contribution is 2.30. The van der Waals surface area contributed by atoms with Gasteiger partial charge in [0.25, 0.3) is 0 Å². The molecular weight excluding hydrogens is 445 g/mol. The molecule has 3 nitrogen and oxygen atoms in total. The van der Waals surface area contributed by atoms with E-state index in [2.05, 4.69) is 105 Å². The minimum atomic E-state index is 1.04. The van der Waals surface area contributed by atoms with E-state index in [-0.39, 0.29) is 0 Å². The van der Waals surface area contributed by atoms with Crippen molar-refractivity contribution in [2.24, 2.45) is 0 Å². The molecule has 4 heteroatoms. The van der Waals surface area contributed by atoms with Crippen LogP contribution in [-0.4, -0.2) is 40.6 Å². The summed E-state index contributed by atoms with van der Waals surface area (Å²) in [6.07, 6.45) is 1.94. The number of rotatable bonds is 4. The molecule has 1 aromatic heterocycles. The van der Waals surface area contributed by atoms with Gasteiger partial charge in [0.1, 0.15) is 0 Å². The fourth-order valence-corrected chi connectivity index (χ4v) is 4.29. The number of piperazine rings is 1. The fourth-order valence-electron chi connectivity index (χ4n) is 3.61. The van der Waals surface area contributed by atoms with Gasteiger partial charge in [-0.3, -0.25) is 9.88 Å². The second-order valence-corrected chi connectivity index (χ2v) is 7.70. The molecule has 0 unspecified atom stereocenters. The number of halogens is 1. The molecule has 2 aromatic carbocycles. The van der Waals surface area contributed by atoms with Gasteiger partial charge >= 0.3 is 0 Å². The predicted molar refractivity (Wildman–Crippen MR) is 123 cm³/mol. The molecule has 0 atom stereocenters. The van der Waals surface area contributed by atoms with E-state index in [1.54, 1.807) is 0 Å². The van der Waals surface area contributed by atoms with E-state index in [1.807, 2.05) is 6.20 Å². The number of aryl methyl sites for hydroxylation is 1. The van der Waals surface area contributed by atoms with Gasteiger partial charge in [0, 0.05) is 43.6 Å². The molecular formula is C23H24IN3. The molecule has 1 aliphatic rings. The average molecular weight is 469 g/mol. The van der Waals surface area contributed by atoms with E-state index in [0.29, 0.717) is 0 Å². The van der Waals surface area contributed by atoms with Crippen molar-refractivity contribution in [1.29, 1.82) is 0 Å². The van der Waals surface area contributed by atoms with Crippen molar-refractivity contribution in [3.63, 3.8) is 0 Å². The van der Waals surface area contributed by atoms with Gasteiger partial charge < -0.3 is 4.90 Å². The Bertz CT molecular complexity index is 903. The SMILES string of the molecule is Cc1ccc(-c2cc(N3CCN(CI)CC3)ccn2)cc1-c1ccccc1. The Kier molecular flexibility index (Phi) is 5.74. The lowest BCUT2D eigenvalue weighted by Crippen LogP contribution is -2.45. The van der Waals surface area contributed by atoms with Crippen LogP contribution in [-0.2, 0) is 0 Å². The number of hydrogen-bond donors (Lipinski definition) is 0. The Balaban J connectivity index is 1.63. The second-order valence-electron chi connectivity index (χ2n) is 7.02. The molecule has 3 aromatic rings. The molecule has 0 N–H and O–H groups in total. The van der Waals surface area contributed by atoms with E-state index in [4.69, 9.17) is 0 Å². The van der Waals surface area contributed by atoms with Crippen LogP contribution in [0.1, 0.15) is 5.56 Å². The summed E-state index contributed by atoms with van der Waals surface area (Å²) >= 11 is 2.45. The molecule has 138 valence electrons. The van der Waals surface area contributed by atoms with E-state index in [1.165, 1.54) is 27.9 Å². The van der Waals surface area contributed by atoms with Crippen LogP contribution in [0.15, 0.2) is 66.9 Å². The topological polar surface area (TPSA) is 19.4 Å². The Morgan fingerprint density at radius 3 is 2.41 bits per heavy atom. The van der Waals surface area contributed by atoms with Gasteiger partial charge in [0.15, 0.2) is 0 Å². The molecule has 0 spiro atoms. The maximum Gasteiger partial charge on any atom is 0.0722 e. The first-order valence-electron chi connectivity index (χ1n) is 9.40. The maximum absolute atomic E-state index is 4.66. The predicted octanol–water partition coefficient (Wildman–Crippen LogP) is 5.24. The molecule has 0 radical (unpaired) electrons. The van der Waals surface area contributed by atoms with Crippen LogP contribution in [0.5, 0.6) is 0 Å². The molecule has 1 aliphatic heterocycles. The summed E-state index contributed by atoms with van der Waals surface area (Å²) in [7, 11) is 0. The highest BCUT2D eigenvalue weighted by Gasteiger charge is 2.17. The molecule has 0 amide bonds. The van der Waals surface area contributed by atoms with Crippen LogP contribution in [0.2, 0.25) is 0 Å². The van der Waals surface area contributed by atoms with Gasteiger partial charge in [-0.25, -0.2) is 0 Å². The Morgan fingerprint density at radius 2 is 1.67 bits per heavy atom. The average Bonchev–Trinajstić information content (AvgIpc) is 2.75.